The van der Waals surface area contributed by atoms with Gasteiger partial charge in [0.2, 0.25) is 0 Å². The highest BCUT2D eigenvalue weighted by molar-refractivity contribution is 5.97. The van der Waals surface area contributed by atoms with Crippen molar-refractivity contribution >= 4 is 5.91 Å². The lowest BCUT2D eigenvalue weighted by atomic mass is 9.99. The molecule has 0 spiro atoms. The van der Waals surface area contributed by atoms with E-state index in [4.69, 9.17) is 0 Å². The standard InChI is InChI=1S/C16H23NO4/c1-9(2)10-4-6-13(18)11(8-10)16(21)17(3)12-5-7-14(19)15(12)20/h4,6,8-9,12,14-15,18-20H,5,7H2,1-3H3/t12-,14-,15-/m1/s1. The van der Waals surface area contributed by atoms with Crippen LogP contribution in [0.1, 0.15) is 48.5 Å². The van der Waals surface area contributed by atoms with Gasteiger partial charge in [0.1, 0.15) is 11.9 Å². The zero-order valence-corrected chi connectivity index (χ0v) is 12.7. The van der Waals surface area contributed by atoms with Gasteiger partial charge < -0.3 is 20.2 Å². The summed E-state index contributed by atoms with van der Waals surface area (Å²) in [6, 6.07) is 4.59. The number of carbonyl (C=O) groups is 1. The van der Waals surface area contributed by atoms with Crippen molar-refractivity contribution in [2.24, 2.45) is 0 Å². The second-order valence-electron chi connectivity index (χ2n) is 6.05. The van der Waals surface area contributed by atoms with E-state index < -0.39 is 18.2 Å². The molecule has 21 heavy (non-hydrogen) atoms. The highest BCUT2D eigenvalue weighted by Crippen LogP contribution is 2.28. The van der Waals surface area contributed by atoms with Gasteiger partial charge in [-0.2, -0.15) is 0 Å². The SMILES string of the molecule is CC(C)c1ccc(O)c(C(=O)N(C)[C@@H]2CC[C@@H](O)[C@@H]2O)c1. The molecule has 5 heteroatoms. The van der Waals surface area contributed by atoms with Crippen LogP contribution in [0.3, 0.4) is 0 Å². The van der Waals surface area contributed by atoms with Crippen molar-refractivity contribution in [3.8, 4) is 5.75 Å². The van der Waals surface area contributed by atoms with E-state index in [1.165, 1.54) is 11.0 Å². The van der Waals surface area contributed by atoms with E-state index in [1.54, 1.807) is 19.2 Å². The fourth-order valence-corrected chi connectivity index (χ4v) is 2.79. The molecule has 0 heterocycles. The molecule has 0 bridgehead atoms. The molecule has 3 atom stereocenters. The van der Waals surface area contributed by atoms with Crippen LogP contribution in [0.15, 0.2) is 18.2 Å². The Morgan fingerprint density at radius 1 is 1.29 bits per heavy atom. The summed E-state index contributed by atoms with van der Waals surface area (Å²) < 4.78 is 0. The molecular formula is C16H23NO4. The molecule has 3 N–H and O–H groups in total. The van der Waals surface area contributed by atoms with Crippen LogP contribution in [-0.4, -0.2) is 51.4 Å². The summed E-state index contributed by atoms with van der Waals surface area (Å²) >= 11 is 0. The molecule has 0 aromatic heterocycles. The Morgan fingerprint density at radius 2 is 1.95 bits per heavy atom. The van der Waals surface area contributed by atoms with Crippen LogP contribution in [0.5, 0.6) is 5.75 Å². The Hall–Kier alpha value is -1.59. The fraction of sp³-hybridized carbons (Fsp3) is 0.562. The smallest absolute Gasteiger partial charge is 0.257 e. The number of benzene rings is 1. The molecule has 2 rings (SSSR count). The fourth-order valence-electron chi connectivity index (χ4n) is 2.79. The number of phenolic OH excluding ortho intramolecular Hbond substituents is 1. The summed E-state index contributed by atoms with van der Waals surface area (Å²) in [5.74, 6) is -0.154. The zero-order valence-electron chi connectivity index (χ0n) is 12.7. The van der Waals surface area contributed by atoms with Crippen LogP contribution in [0.4, 0.5) is 0 Å². The van der Waals surface area contributed by atoms with E-state index in [0.717, 1.165) is 5.56 Å². The van der Waals surface area contributed by atoms with Gasteiger partial charge in [-0.05, 0) is 36.5 Å². The van der Waals surface area contributed by atoms with Gasteiger partial charge in [0.05, 0.1) is 17.7 Å². The Labute approximate surface area is 124 Å². The highest BCUT2D eigenvalue weighted by Gasteiger charge is 2.38. The normalized spacial score (nSPS) is 25.3. The number of phenols is 1. The summed E-state index contributed by atoms with van der Waals surface area (Å²) in [5.41, 5.74) is 1.20. The van der Waals surface area contributed by atoms with Crippen LogP contribution < -0.4 is 0 Å². The lowest BCUT2D eigenvalue weighted by Crippen LogP contribution is -2.44. The van der Waals surface area contributed by atoms with Crippen LogP contribution in [0.25, 0.3) is 0 Å². The van der Waals surface area contributed by atoms with Crippen molar-refractivity contribution in [3.05, 3.63) is 29.3 Å². The third kappa shape index (κ3) is 3.04. The molecule has 1 saturated carbocycles. The van der Waals surface area contributed by atoms with Crippen LogP contribution in [0.2, 0.25) is 0 Å². The quantitative estimate of drug-likeness (QED) is 0.788. The second kappa shape index (κ2) is 6.03. The molecule has 1 aromatic carbocycles. The molecule has 116 valence electrons. The molecule has 0 unspecified atom stereocenters. The minimum Gasteiger partial charge on any atom is -0.507 e. The van der Waals surface area contributed by atoms with Crippen molar-refractivity contribution in [2.75, 3.05) is 7.05 Å². The predicted molar refractivity (Wildman–Crippen MR) is 79.3 cm³/mol. The number of likely N-dealkylation sites (N-methyl/N-ethyl adjacent to an activating group) is 1. The van der Waals surface area contributed by atoms with E-state index in [-0.39, 0.29) is 23.1 Å². The third-order valence-electron chi connectivity index (χ3n) is 4.28. The summed E-state index contributed by atoms with van der Waals surface area (Å²) in [4.78, 5) is 14.0. The molecule has 0 aliphatic heterocycles. The minimum atomic E-state index is -0.936. The average Bonchev–Trinajstić information content (AvgIpc) is 2.77. The number of carbonyl (C=O) groups excluding carboxylic acids is 1. The Morgan fingerprint density at radius 3 is 2.48 bits per heavy atom. The first-order valence-corrected chi connectivity index (χ1v) is 7.29. The van der Waals surface area contributed by atoms with Crippen molar-refractivity contribution in [3.63, 3.8) is 0 Å². The van der Waals surface area contributed by atoms with Crippen LogP contribution in [-0.2, 0) is 0 Å². The molecule has 1 fully saturated rings. The van der Waals surface area contributed by atoms with Gasteiger partial charge in [-0.15, -0.1) is 0 Å². The first-order valence-electron chi connectivity index (χ1n) is 7.29. The first kappa shape index (κ1) is 15.8. The van der Waals surface area contributed by atoms with E-state index >= 15 is 0 Å². The molecule has 1 aliphatic rings. The lowest BCUT2D eigenvalue weighted by molar-refractivity contribution is 0.00651. The van der Waals surface area contributed by atoms with Crippen molar-refractivity contribution in [1.29, 1.82) is 0 Å². The predicted octanol–water partition coefficient (Wildman–Crippen LogP) is 1.47. The van der Waals surface area contributed by atoms with Gasteiger partial charge >= 0.3 is 0 Å². The number of hydrogen-bond donors (Lipinski definition) is 3. The van der Waals surface area contributed by atoms with E-state index in [1.807, 2.05) is 13.8 Å². The van der Waals surface area contributed by atoms with Crippen molar-refractivity contribution < 1.29 is 20.1 Å². The van der Waals surface area contributed by atoms with Crippen molar-refractivity contribution in [1.82, 2.24) is 4.90 Å². The monoisotopic (exact) mass is 293 g/mol. The number of rotatable bonds is 3. The van der Waals surface area contributed by atoms with Crippen LogP contribution >= 0.6 is 0 Å². The maximum Gasteiger partial charge on any atom is 0.257 e. The molecule has 5 nitrogen and oxygen atoms in total. The largest absolute Gasteiger partial charge is 0.507 e. The number of hydrogen-bond acceptors (Lipinski definition) is 4. The van der Waals surface area contributed by atoms with E-state index in [0.29, 0.717) is 12.8 Å². The average molecular weight is 293 g/mol. The van der Waals surface area contributed by atoms with Gasteiger partial charge in [-0.1, -0.05) is 19.9 Å². The summed E-state index contributed by atoms with van der Waals surface area (Å²) in [6.07, 6.45) is -0.702. The molecule has 0 radical (unpaired) electrons. The molecule has 1 aliphatic carbocycles. The van der Waals surface area contributed by atoms with Gasteiger partial charge in [-0.3, -0.25) is 4.79 Å². The van der Waals surface area contributed by atoms with Gasteiger partial charge in [0, 0.05) is 7.05 Å². The van der Waals surface area contributed by atoms with Gasteiger partial charge in [0.25, 0.3) is 5.91 Å². The maximum atomic E-state index is 12.6. The van der Waals surface area contributed by atoms with Crippen molar-refractivity contribution in [2.45, 2.75) is 50.9 Å². The minimum absolute atomic E-state index is 0.0655. The van der Waals surface area contributed by atoms with Gasteiger partial charge in [0.15, 0.2) is 0 Å². The molecule has 1 amide bonds. The third-order valence-corrected chi connectivity index (χ3v) is 4.28. The Kier molecular flexibility index (Phi) is 4.54. The van der Waals surface area contributed by atoms with E-state index in [9.17, 15) is 20.1 Å². The Balaban J connectivity index is 2.25. The molecular weight excluding hydrogens is 270 g/mol. The lowest BCUT2D eigenvalue weighted by Gasteiger charge is -2.28. The molecule has 0 saturated heterocycles. The molecule has 1 aromatic rings. The number of aliphatic hydroxyl groups excluding tert-OH is 2. The highest BCUT2D eigenvalue weighted by atomic mass is 16.3. The zero-order chi connectivity index (χ0) is 15.7. The summed E-state index contributed by atoms with van der Waals surface area (Å²) in [6.45, 7) is 4.03. The second-order valence-corrected chi connectivity index (χ2v) is 6.05. The number of aromatic hydroxyl groups is 1. The van der Waals surface area contributed by atoms with Gasteiger partial charge in [-0.25, -0.2) is 0 Å². The first-order chi connectivity index (χ1) is 9.82. The summed E-state index contributed by atoms with van der Waals surface area (Å²) in [5, 5.41) is 29.5. The summed E-state index contributed by atoms with van der Waals surface area (Å²) in [7, 11) is 1.59. The maximum absolute atomic E-state index is 12.6. The van der Waals surface area contributed by atoms with E-state index in [2.05, 4.69) is 0 Å². The number of amides is 1. The topological polar surface area (TPSA) is 81.0 Å². The van der Waals surface area contributed by atoms with Crippen LogP contribution in [0, 0.1) is 0 Å². The number of nitrogens with zero attached hydrogens (tertiary/aromatic N) is 1. The number of aliphatic hydroxyl groups is 2. The Bertz CT molecular complexity index is 529.